The average Bonchev–Trinajstić information content (AvgIpc) is 2.66. The van der Waals surface area contributed by atoms with Gasteiger partial charge < -0.3 is 19.9 Å². The van der Waals surface area contributed by atoms with Crippen LogP contribution in [0.3, 0.4) is 0 Å². The molecule has 0 saturated heterocycles. The number of hydrogen-bond acceptors (Lipinski definition) is 4. The highest BCUT2D eigenvalue weighted by Gasteiger charge is 2.34. The van der Waals surface area contributed by atoms with Gasteiger partial charge in [-0.1, -0.05) is 38.3 Å². The maximum atomic E-state index is 12.9. The van der Waals surface area contributed by atoms with Gasteiger partial charge in [0.2, 0.25) is 5.91 Å². The third-order valence-corrected chi connectivity index (χ3v) is 5.18. The van der Waals surface area contributed by atoms with Gasteiger partial charge in [-0.3, -0.25) is 9.59 Å². The Kier molecular flexibility index (Phi) is 7.66. The molecular formula is C21H31NO5. The lowest BCUT2D eigenvalue weighted by Crippen LogP contribution is -2.50. The standard InChI is InChI=1S/C21H31NO5/c1-4-18(27-16-10-6-5-7-11-16)20(25)22-21(2,14-19(23)24)15-9-8-12-17(13-15)26-3/h8-9,12-13,16,18H,4-7,10-11,14H2,1-3H3,(H,22,25)(H,23,24). The molecule has 0 heterocycles. The Bertz CT molecular complexity index is 641. The third-order valence-electron chi connectivity index (χ3n) is 5.18. The molecule has 6 heteroatoms. The van der Waals surface area contributed by atoms with Gasteiger partial charge >= 0.3 is 5.97 Å². The van der Waals surface area contributed by atoms with E-state index in [-0.39, 0.29) is 18.4 Å². The molecular weight excluding hydrogens is 346 g/mol. The minimum absolute atomic E-state index is 0.108. The number of benzene rings is 1. The molecule has 1 aliphatic rings. The average molecular weight is 377 g/mol. The van der Waals surface area contributed by atoms with Crippen LogP contribution < -0.4 is 10.1 Å². The SMILES string of the molecule is CCC(OC1CCCCC1)C(=O)NC(C)(CC(=O)O)c1cccc(OC)c1. The molecule has 1 aromatic rings. The Morgan fingerprint density at radius 3 is 2.59 bits per heavy atom. The van der Waals surface area contributed by atoms with Crippen LogP contribution >= 0.6 is 0 Å². The van der Waals surface area contributed by atoms with Gasteiger partial charge in [0.1, 0.15) is 11.9 Å². The number of hydrogen-bond donors (Lipinski definition) is 2. The molecule has 150 valence electrons. The minimum Gasteiger partial charge on any atom is -0.497 e. The maximum Gasteiger partial charge on any atom is 0.306 e. The van der Waals surface area contributed by atoms with E-state index in [1.54, 1.807) is 38.3 Å². The van der Waals surface area contributed by atoms with E-state index in [9.17, 15) is 14.7 Å². The molecule has 2 rings (SSSR count). The van der Waals surface area contributed by atoms with Crippen molar-refractivity contribution in [2.45, 2.75) is 76.5 Å². The van der Waals surface area contributed by atoms with E-state index in [2.05, 4.69) is 5.32 Å². The van der Waals surface area contributed by atoms with Gasteiger partial charge in [-0.2, -0.15) is 0 Å². The molecule has 0 radical (unpaired) electrons. The highest BCUT2D eigenvalue weighted by molar-refractivity contribution is 5.82. The second-order valence-corrected chi connectivity index (χ2v) is 7.42. The molecule has 27 heavy (non-hydrogen) atoms. The maximum absolute atomic E-state index is 12.9. The summed E-state index contributed by atoms with van der Waals surface area (Å²) in [4.78, 5) is 24.4. The van der Waals surface area contributed by atoms with Crippen molar-refractivity contribution in [3.05, 3.63) is 29.8 Å². The molecule has 6 nitrogen and oxygen atoms in total. The van der Waals surface area contributed by atoms with E-state index in [1.807, 2.05) is 6.92 Å². The second kappa shape index (κ2) is 9.74. The van der Waals surface area contributed by atoms with Crippen molar-refractivity contribution in [1.82, 2.24) is 5.32 Å². The van der Waals surface area contributed by atoms with Gasteiger partial charge in [-0.25, -0.2) is 0 Å². The van der Waals surface area contributed by atoms with Gasteiger partial charge in [0.15, 0.2) is 0 Å². The van der Waals surface area contributed by atoms with Crippen molar-refractivity contribution in [2.75, 3.05) is 7.11 Å². The lowest BCUT2D eigenvalue weighted by molar-refractivity contribution is -0.143. The van der Waals surface area contributed by atoms with Crippen LogP contribution in [-0.4, -0.2) is 36.3 Å². The predicted molar refractivity (Wildman–Crippen MR) is 103 cm³/mol. The number of carboxylic acids is 1. The normalized spacial score (nSPS) is 18.3. The van der Waals surface area contributed by atoms with E-state index < -0.39 is 17.6 Å². The molecule has 1 amide bonds. The van der Waals surface area contributed by atoms with Crippen molar-refractivity contribution in [3.8, 4) is 5.75 Å². The molecule has 0 aromatic heterocycles. The van der Waals surface area contributed by atoms with E-state index in [0.29, 0.717) is 17.7 Å². The number of rotatable bonds is 9. The van der Waals surface area contributed by atoms with Crippen molar-refractivity contribution in [2.24, 2.45) is 0 Å². The Morgan fingerprint density at radius 2 is 2.00 bits per heavy atom. The Hall–Kier alpha value is -2.08. The summed E-state index contributed by atoms with van der Waals surface area (Å²) in [6.45, 7) is 3.63. The highest BCUT2D eigenvalue weighted by atomic mass is 16.5. The van der Waals surface area contributed by atoms with Crippen LogP contribution in [0.4, 0.5) is 0 Å². The summed E-state index contributed by atoms with van der Waals surface area (Å²) >= 11 is 0. The summed E-state index contributed by atoms with van der Waals surface area (Å²) in [6.07, 6.45) is 5.28. The molecule has 1 aromatic carbocycles. The fourth-order valence-electron chi connectivity index (χ4n) is 3.62. The second-order valence-electron chi connectivity index (χ2n) is 7.42. The van der Waals surface area contributed by atoms with Gasteiger partial charge in [-0.15, -0.1) is 0 Å². The van der Waals surface area contributed by atoms with Gasteiger partial charge in [0.25, 0.3) is 0 Å². The molecule has 0 bridgehead atoms. The van der Waals surface area contributed by atoms with Crippen LogP contribution in [-0.2, 0) is 19.9 Å². The number of amides is 1. The smallest absolute Gasteiger partial charge is 0.306 e. The first-order valence-electron chi connectivity index (χ1n) is 9.71. The number of nitrogens with one attached hydrogen (secondary N) is 1. The summed E-state index contributed by atoms with van der Waals surface area (Å²) in [6, 6.07) is 7.13. The van der Waals surface area contributed by atoms with Crippen LogP contribution in [0.1, 0.15) is 64.4 Å². The lowest BCUT2D eigenvalue weighted by atomic mass is 9.88. The zero-order valence-corrected chi connectivity index (χ0v) is 16.5. The molecule has 1 fully saturated rings. The number of aliphatic carboxylic acids is 1. The number of methoxy groups -OCH3 is 1. The fraction of sp³-hybridized carbons (Fsp3) is 0.619. The molecule has 1 saturated carbocycles. The van der Waals surface area contributed by atoms with Crippen molar-refractivity contribution in [3.63, 3.8) is 0 Å². The molecule has 1 aliphatic carbocycles. The lowest BCUT2D eigenvalue weighted by Gasteiger charge is -2.33. The first-order chi connectivity index (χ1) is 12.9. The number of ether oxygens (including phenoxy) is 2. The van der Waals surface area contributed by atoms with Gasteiger partial charge in [-0.05, 0) is 43.9 Å². The predicted octanol–water partition coefficient (Wildman–Crippen LogP) is 3.63. The summed E-state index contributed by atoms with van der Waals surface area (Å²) < 4.78 is 11.3. The summed E-state index contributed by atoms with van der Waals surface area (Å²) in [5, 5.41) is 12.3. The zero-order chi connectivity index (χ0) is 19.9. The fourth-order valence-corrected chi connectivity index (χ4v) is 3.62. The molecule has 0 spiro atoms. The molecule has 2 atom stereocenters. The van der Waals surface area contributed by atoms with Crippen molar-refractivity contribution in [1.29, 1.82) is 0 Å². The van der Waals surface area contributed by atoms with Crippen molar-refractivity contribution >= 4 is 11.9 Å². The first kappa shape index (κ1) is 21.2. The minimum atomic E-state index is -1.05. The number of carbonyl (C=O) groups is 2. The Morgan fingerprint density at radius 1 is 1.30 bits per heavy atom. The van der Waals surface area contributed by atoms with Crippen LogP contribution in [0.5, 0.6) is 5.75 Å². The van der Waals surface area contributed by atoms with Crippen LogP contribution in [0.25, 0.3) is 0 Å². The summed E-state index contributed by atoms with van der Waals surface area (Å²) in [5.41, 5.74) is -0.369. The monoisotopic (exact) mass is 377 g/mol. The van der Waals surface area contributed by atoms with Gasteiger partial charge in [0, 0.05) is 0 Å². The molecule has 2 N–H and O–H groups in total. The van der Waals surface area contributed by atoms with Gasteiger partial charge in [0.05, 0.1) is 25.2 Å². The number of carboxylic acid groups (broad SMARTS) is 1. The van der Waals surface area contributed by atoms with Crippen LogP contribution in [0.15, 0.2) is 24.3 Å². The zero-order valence-electron chi connectivity index (χ0n) is 16.5. The largest absolute Gasteiger partial charge is 0.497 e. The van der Waals surface area contributed by atoms with E-state index in [4.69, 9.17) is 9.47 Å². The van der Waals surface area contributed by atoms with E-state index >= 15 is 0 Å². The number of carbonyl (C=O) groups excluding carboxylic acids is 1. The highest BCUT2D eigenvalue weighted by Crippen LogP contribution is 2.29. The summed E-state index contributed by atoms with van der Waals surface area (Å²) in [7, 11) is 1.55. The molecule has 2 unspecified atom stereocenters. The van der Waals surface area contributed by atoms with Crippen LogP contribution in [0, 0.1) is 0 Å². The van der Waals surface area contributed by atoms with Crippen molar-refractivity contribution < 1.29 is 24.2 Å². The third kappa shape index (κ3) is 5.96. The topological polar surface area (TPSA) is 84.9 Å². The Balaban J connectivity index is 2.17. The first-order valence-corrected chi connectivity index (χ1v) is 9.71. The van der Waals surface area contributed by atoms with E-state index in [1.165, 1.54) is 6.42 Å². The van der Waals surface area contributed by atoms with Crippen LogP contribution in [0.2, 0.25) is 0 Å². The summed E-state index contributed by atoms with van der Waals surface area (Å²) in [5.74, 6) is -0.639. The Labute approximate surface area is 161 Å². The quantitative estimate of drug-likeness (QED) is 0.686. The molecule has 0 aliphatic heterocycles. The van der Waals surface area contributed by atoms with E-state index in [0.717, 1.165) is 25.7 Å².